The molecule has 4 atom stereocenters. The van der Waals surface area contributed by atoms with E-state index in [1.165, 1.54) is 25.7 Å². The lowest BCUT2D eigenvalue weighted by molar-refractivity contribution is -0.0881. The lowest BCUT2D eigenvalue weighted by Crippen LogP contribution is -2.59. The largest absolute Gasteiger partial charge is 0.388 e. The van der Waals surface area contributed by atoms with Crippen molar-refractivity contribution in [2.75, 3.05) is 6.54 Å². The number of aliphatic hydroxyl groups is 1. The zero-order valence-electron chi connectivity index (χ0n) is 10.8. The lowest BCUT2D eigenvalue weighted by atomic mass is 9.67. The second kappa shape index (κ2) is 5.05. The highest BCUT2D eigenvalue weighted by Crippen LogP contribution is 2.40. The third kappa shape index (κ3) is 2.28. The van der Waals surface area contributed by atoms with Gasteiger partial charge in [-0.1, -0.05) is 33.1 Å². The molecule has 2 rings (SSSR count). The Balaban J connectivity index is 2.08. The van der Waals surface area contributed by atoms with Crippen LogP contribution in [-0.4, -0.2) is 23.3 Å². The maximum absolute atomic E-state index is 11.0. The van der Waals surface area contributed by atoms with E-state index in [2.05, 4.69) is 19.2 Å². The summed E-state index contributed by atoms with van der Waals surface area (Å²) in [6, 6.07) is 0.349. The van der Waals surface area contributed by atoms with Crippen LogP contribution in [0.5, 0.6) is 0 Å². The fourth-order valence-corrected chi connectivity index (χ4v) is 3.76. The van der Waals surface area contributed by atoms with Gasteiger partial charge in [0.05, 0.1) is 5.60 Å². The third-order valence-corrected chi connectivity index (χ3v) is 4.85. The van der Waals surface area contributed by atoms with Gasteiger partial charge < -0.3 is 10.4 Å². The molecule has 1 aliphatic carbocycles. The van der Waals surface area contributed by atoms with Crippen LogP contribution in [0.15, 0.2) is 0 Å². The zero-order chi connectivity index (χ0) is 11.6. The first-order chi connectivity index (χ1) is 7.66. The molecule has 0 radical (unpaired) electrons. The van der Waals surface area contributed by atoms with Gasteiger partial charge >= 0.3 is 0 Å². The standard InChI is InChI=1S/C14H27NO/c1-3-12-6-4-5-8-14(12,16)13-10-11(2)7-9-15-13/h11-13,15-16H,3-10H2,1-2H3. The van der Waals surface area contributed by atoms with Crippen molar-refractivity contribution in [1.29, 1.82) is 0 Å². The van der Waals surface area contributed by atoms with Crippen LogP contribution in [-0.2, 0) is 0 Å². The molecule has 2 N–H and O–H groups in total. The van der Waals surface area contributed by atoms with E-state index >= 15 is 0 Å². The number of rotatable bonds is 2. The highest BCUT2D eigenvalue weighted by Gasteiger charge is 2.45. The topological polar surface area (TPSA) is 32.3 Å². The Kier molecular flexibility index (Phi) is 3.91. The summed E-state index contributed by atoms with van der Waals surface area (Å²) < 4.78 is 0. The summed E-state index contributed by atoms with van der Waals surface area (Å²) in [6.45, 7) is 5.64. The Morgan fingerprint density at radius 1 is 1.31 bits per heavy atom. The van der Waals surface area contributed by atoms with Gasteiger partial charge in [0.15, 0.2) is 0 Å². The maximum Gasteiger partial charge on any atom is 0.0827 e. The van der Waals surface area contributed by atoms with Crippen molar-refractivity contribution in [3.63, 3.8) is 0 Å². The minimum atomic E-state index is -0.415. The molecule has 1 saturated heterocycles. The highest BCUT2D eigenvalue weighted by atomic mass is 16.3. The molecule has 4 unspecified atom stereocenters. The molecule has 1 aliphatic heterocycles. The van der Waals surface area contributed by atoms with Gasteiger partial charge in [-0.2, -0.15) is 0 Å². The summed E-state index contributed by atoms with van der Waals surface area (Å²) in [7, 11) is 0. The van der Waals surface area contributed by atoms with Gasteiger partial charge in [-0.3, -0.25) is 0 Å². The predicted molar refractivity (Wildman–Crippen MR) is 67.4 cm³/mol. The van der Waals surface area contributed by atoms with Crippen molar-refractivity contribution in [3.05, 3.63) is 0 Å². The van der Waals surface area contributed by atoms with Crippen molar-refractivity contribution >= 4 is 0 Å². The predicted octanol–water partition coefficient (Wildman–Crippen LogP) is 2.71. The number of hydrogen-bond donors (Lipinski definition) is 2. The van der Waals surface area contributed by atoms with E-state index in [9.17, 15) is 5.11 Å². The molecule has 2 heteroatoms. The summed E-state index contributed by atoms with van der Waals surface area (Å²) >= 11 is 0. The lowest BCUT2D eigenvalue weighted by Gasteiger charge is -2.48. The van der Waals surface area contributed by atoms with Crippen molar-refractivity contribution in [2.24, 2.45) is 11.8 Å². The molecule has 2 nitrogen and oxygen atoms in total. The summed E-state index contributed by atoms with van der Waals surface area (Å²) in [5, 5.41) is 14.6. The highest BCUT2D eigenvalue weighted by molar-refractivity contribution is 5.00. The second-order valence-electron chi connectivity index (χ2n) is 5.98. The van der Waals surface area contributed by atoms with E-state index in [4.69, 9.17) is 0 Å². The van der Waals surface area contributed by atoms with Crippen molar-refractivity contribution in [1.82, 2.24) is 5.32 Å². The molecular weight excluding hydrogens is 198 g/mol. The zero-order valence-corrected chi connectivity index (χ0v) is 10.8. The van der Waals surface area contributed by atoms with Gasteiger partial charge in [0, 0.05) is 6.04 Å². The minimum absolute atomic E-state index is 0.349. The molecule has 0 aromatic rings. The summed E-state index contributed by atoms with van der Waals surface area (Å²) in [5.74, 6) is 1.29. The molecule has 0 aromatic heterocycles. The average molecular weight is 225 g/mol. The first-order valence-corrected chi connectivity index (χ1v) is 7.12. The fourth-order valence-electron chi connectivity index (χ4n) is 3.76. The van der Waals surface area contributed by atoms with E-state index in [-0.39, 0.29) is 0 Å². The van der Waals surface area contributed by atoms with Crippen LogP contribution >= 0.6 is 0 Å². The molecule has 1 saturated carbocycles. The Hall–Kier alpha value is -0.0800. The molecule has 0 bridgehead atoms. The first kappa shape index (κ1) is 12.4. The van der Waals surface area contributed by atoms with Crippen LogP contribution < -0.4 is 5.32 Å². The SMILES string of the molecule is CCC1CCCCC1(O)C1CC(C)CCN1. The Bertz CT molecular complexity index is 231. The summed E-state index contributed by atoms with van der Waals surface area (Å²) in [6.07, 6.45) is 8.30. The summed E-state index contributed by atoms with van der Waals surface area (Å²) in [5.41, 5.74) is -0.415. The number of nitrogens with one attached hydrogen (secondary N) is 1. The molecule has 2 fully saturated rings. The van der Waals surface area contributed by atoms with E-state index in [0.717, 1.165) is 31.7 Å². The average Bonchev–Trinajstić information content (AvgIpc) is 2.30. The van der Waals surface area contributed by atoms with Crippen molar-refractivity contribution in [3.8, 4) is 0 Å². The Labute approximate surface area is 99.8 Å². The van der Waals surface area contributed by atoms with Gasteiger partial charge in [0.25, 0.3) is 0 Å². The molecule has 0 aromatic carbocycles. The minimum Gasteiger partial charge on any atom is -0.388 e. The van der Waals surface area contributed by atoms with E-state index < -0.39 is 5.60 Å². The van der Waals surface area contributed by atoms with Crippen LogP contribution in [0.1, 0.15) is 58.8 Å². The molecule has 0 amide bonds. The monoisotopic (exact) mass is 225 g/mol. The Morgan fingerprint density at radius 2 is 2.12 bits per heavy atom. The smallest absolute Gasteiger partial charge is 0.0827 e. The van der Waals surface area contributed by atoms with Crippen LogP contribution in [0.3, 0.4) is 0 Å². The fraction of sp³-hybridized carbons (Fsp3) is 1.00. The van der Waals surface area contributed by atoms with Gasteiger partial charge in [0.1, 0.15) is 0 Å². The summed E-state index contributed by atoms with van der Waals surface area (Å²) in [4.78, 5) is 0. The van der Waals surface area contributed by atoms with E-state index in [1.807, 2.05) is 0 Å². The molecular formula is C14H27NO. The van der Waals surface area contributed by atoms with Crippen LogP contribution in [0.25, 0.3) is 0 Å². The quantitative estimate of drug-likeness (QED) is 0.757. The van der Waals surface area contributed by atoms with Gasteiger partial charge in [-0.15, -0.1) is 0 Å². The van der Waals surface area contributed by atoms with Crippen LogP contribution in [0, 0.1) is 11.8 Å². The molecule has 16 heavy (non-hydrogen) atoms. The van der Waals surface area contributed by atoms with Gasteiger partial charge in [-0.05, 0) is 44.1 Å². The molecule has 2 aliphatic rings. The molecule has 1 heterocycles. The maximum atomic E-state index is 11.0. The first-order valence-electron chi connectivity index (χ1n) is 7.12. The molecule has 0 spiro atoms. The van der Waals surface area contributed by atoms with Crippen LogP contribution in [0.4, 0.5) is 0 Å². The normalized spacial score (nSPS) is 45.6. The van der Waals surface area contributed by atoms with Crippen molar-refractivity contribution < 1.29 is 5.11 Å². The third-order valence-electron chi connectivity index (χ3n) is 4.85. The van der Waals surface area contributed by atoms with Crippen LogP contribution in [0.2, 0.25) is 0 Å². The Morgan fingerprint density at radius 3 is 2.81 bits per heavy atom. The van der Waals surface area contributed by atoms with Gasteiger partial charge in [0.2, 0.25) is 0 Å². The van der Waals surface area contributed by atoms with E-state index in [0.29, 0.717) is 12.0 Å². The molecule has 94 valence electrons. The van der Waals surface area contributed by atoms with E-state index in [1.54, 1.807) is 0 Å². The van der Waals surface area contributed by atoms with Crippen molar-refractivity contribution in [2.45, 2.75) is 70.4 Å². The van der Waals surface area contributed by atoms with Gasteiger partial charge in [-0.25, -0.2) is 0 Å². The number of hydrogen-bond acceptors (Lipinski definition) is 2. The number of piperidine rings is 1. The second-order valence-corrected chi connectivity index (χ2v) is 5.98.